The van der Waals surface area contributed by atoms with Gasteiger partial charge in [-0.15, -0.1) is 0 Å². The summed E-state index contributed by atoms with van der Waals surface area (Å²) in [5, 5.41) is 0. The van der Waals surface area contributed by atoms with Gasteiger partial charge < -0.3 is 4.74 Å². The molecule has 0 aliphatic heterocycles. The van der Waals surface area contributed by atoms with E-state index < -0.39 is 0 Å². The van der Waals surface area contributed by atoms with Crippen molar-refractivity contribution in [2.24, 2.45) is 5.41 Å². The molecule has 1 unspecified atom stereocenters. The van der Waals surface area contributed by atoms with E-state index in [4.69, 9.17) is 4.74 Å². The van der Waals surface area contributed by atoms with Gasteiger partial charge in [0.25, 0.3) is 0 Å². The van der Waals surface area contributed by atoms with Crippen molar-refractivity contribution in [3.05, 3.63) is 53.3 Å². The van der Waals surface area contributed by atoms with E-state index in [9.17, 15) is 4.39 Å². The predicted molar refractivity (Wildman–Crippen MR) is 107 cm³/mol. The summed E-state index contributed by atoms with van der Waals surface area (Å²) in [4.78, 5) is 0. The first-order valence-corrected chi connectivity index (χ1v) is 9.24. The van der Waals surface area contributed by atoms with Gasteiger partial charge in [0, 0.05) is 5.56 Å². The van der Waals surface area contributed by atoms with E-state index >= 15 is 0 Å². The number of aryl methyl sites for hydroxylation is 1. The fourth-order valence-electron chi connectivity index (χ4n) is 2.74. The molecule has 0 heterocycles. The summed E-state index contributed by atoms with van der Waals surface area (Å²) in [5.41, 5.74) is 4.16. The quantitative estimate of drug-likeness (QED) is 0.568. The third-order valence-electron chi connectivity index (χ3n) is 4.75. The number of methoxy groups -OCH3 is 1. The zero-order chi connectivity index (χ0) is 19.2. The summed E-state index contributed by atoms with van der Waals surface area (Å²) in [7, 11) is 1.61. The second-order valence-electron chi connectivity index (χ2n) is 7.21. The first-order valence-electron chi connectivity index (χ1n) is 9.24. The van der Waals surface area contributed by atoms with Crippen LogP contribution in [0, 0.1) is 11.2 Å². The molecule has 0 aliphatic rings. The van der Waals surface area contributed by atoms with Crippen molar-refractivity contribution in [3.63, 3.8) is 0 Å². The SMILES string of the molecule is CC.CCc1ccc(-c2cc(OC)ccc2F)c(C(C)C(C)(C)C)c1. The van der Waals surface area contributed by atoms with Crippen molar-refractivity contribution in [2.45, 2.75) is 60.8 Å². The van der Waals surface area contributed by atoms with Crippen LogP contribution in [0.1, 0.15) is 65.5 Å². The highest BCUT2D eigenvalue weighted by atomic mass is 19.1. The van der Waals surface area contributed by atoms with Crippen molar-refractivity contribution in [1.29, 1.82) is 0 Å². The lowest BCUT2D eigenvalue weighted by Crippen LogP contribution is -2.16. The van der Waals surface area contributed by atoms with E-state index in [1.807, 2.05) is 19.9 Å². The molecule has 0 bridgehead atoms. The molecule has 0 radical (unpaired) electrons. The van der Waals surface area contributed by atoms with Crippen LogP contribution in [0.15, 0.2) is 36.4 Å². The Kier molecular flexibility index (Phi) is 7.66. The van der Waals surface area contributed by atoms with E-state index in [1.54, 1.807) is 19.2 Å². The molecule has 0 amide bonds. The topological polar surface area (TPSA) is 9.23 Å². The molecule has 0 saturated heterocycles. The van der Waals surface area contributed by atoms with Crippen molar-refractivity contribution in [3.8, 4) is 16.9 Å². The molecule has 2 aromatic carbocycles. The van der Waals surface area contributed by atoms with Gasteiger partial charge in [-0.1, -0.05) is 66.7 Å². The predicted octanol–water partition coefficient (Wildman–Crippen LogP) is 7.24. The van der Waals surface area contributed by atoms with E-state index in [2.05, 4.69) is 46.8 Å². The maximum absolute atomic E-state index is 14.5. The minimum Gasteiger partial charge on any atom is -0.497 e. The first-order chi connectivity index (χ1) is 11.8. The van der Waals surface area contributed by atoms with Gasteiger partial charge in [-0.2, -0.15) is 0 Å². The monoisotopic (exact) mass is 344 g/mol. The largest absolute Gasteiger partial charge is 0.497 e. The number of hydrogen-bond donors (Lipinski definition) is 0. The van der Waals surface area contributed by atoms with E-state index in [-0.39, 0.29) is 11.2 Å². The van der Waals surface area contributed by atoms with Crippen LogP contribution in [0.2, 0.25) is 0 Å². The van der Waals surface area contributed by atoms with E-state index in [1.165, 1.54) is 17.2 Å². The third-order valence-corrected chi connectivity index (χ3v) is 4.75. The molecule has 0 N–H and O–H groups in total. The summed E-state index contributed by atoms with van der Waals surface area (Å²) < 4.78 is 19.7. The Morgan fingerprint density at radius 1 is 1.00 bits per heavy atom. The van der Waals surface area contributed by atoms with Crippen molar-refractivity contribution in [2.75, 3.05) is 7.11 Å². The lowest BCUT2D eigenvalue weighted by Gasteiger charge is -2.30. The minimum absolute atomic E-state index is 0.108. The van der Waals surface area contributed by atoms with Gasteiger partial charge in [-0.25, -0.2) is 4.39 Å². The van der Waals surface area contributed by atoms with Crippen LogP contribution in [0.3, 0.4) is 0 Å². The van der Waals surface area contributed by atoms with Gasteiger partial charge >= 0.3 is 0 Å². The normalized spacial score (nSPS) is 12.2. The summed E-state index contributed by atoms with van der Waals surface area (Å²) in [6, 6.07) is 11.3. The molecule has 138 valence electrons. The Balaban J connectivity index is 0.00000151. The van der Waals surface area contributed by atoms with Crippen LogP contribution in [0.25, 0.3) is 11.1 Å². The zero-order valence-corrected chi connectivity index (χ0v) is 17.0. The van der Waals surface area contributed by atoms with Crippen molar-refractivity contribution in [1.82, 2.24) is 0 Å². The maximum atomic E-state index is 14.5. The van der Waals surface area contributed by atoms with Crippen LogP contribution < -0.4 is 4.74 Å². The van der Waals surface area contributed by atoms with Crippen LogP contribution in [0.4, 0.5) is 4.39 Å². The molecule has 1 nitrogen and oxygen atoms in total. The lowest BCUT2D eigenvalue weighted by molar-refractivity contribution is 0.340. The molecule has 1 atom stereocenters. The maximum Gasteiger partial charge on any atom is 0.131 e. The summed E-state index contributed by atoms with van der Waals surface area (Å²) in [5.74, 6) is 0.780. The standard InChI is InChI=1S/C21H27FO.C2H6/c1-7-15-8-10-17(18(12-15)14(2)21(3,4)5)19-13-16(23-6)9-11-20(19)22;1-2/h8-14H,7H2,1-6H3;1-2H3. The minimum atomic E-state index is -0.211. The smallest absolute Gasteiger partial charge is 0.131 e. The second kappa shape index (κ2) is 9.03. The number of rotatable bonds is 4. The molecule has 2 aromatic rings. The number of ether oxygens (including phenoxy) is 1. The molecule has 0 aliphatic carbocycles. The summed E-state index contributed by atoms with van der Waals surface area (Å²) >= 11 is 0. The van der Waals surface area contributed by atoms with Crippen LogP contribution in [0.5, 0.6) is 5.75 Å². The van der Waals surface area contributed by atoms with Crippen LogP contribution in [-0.2, 0) is 6.42 Å². The molecule has 0 saturated carbocycles. The molecule has 0 aromatic heterocycles. The van der Waals surface area contributed by atoms with Crippen molar-refractivity contribution >= 4 is 0 Å². The van der Waals surface area contributed by atoms with Crippen LogP contribution >= 0.6 is 0 Å². The van der Waals surface area contributed by atoms with Gasteiger partial charge in [0.15, 0.2) is 0 Å². The highest BCUT2D eigenvalue weighted by Gasteiger charge is 2.25. The summed E-state index contributed by atoms with van der Waals surface area (Å²) in [6.07, 6.45) is 0.977. The third kappa shape index (κ3) is 5.07. The molecular weight excluding hydrogens is 311 g/mol. The molecule has 25 heavy (non-hydrogen) atoms. The van der Waals surface area contributed by atoms with E-state index in [0.29, 0.717) is 17.2 Å². The fraction of sp³-hybridized carbons (Fsp3) is 0.478. The van der Waals surface area contributed by atoms with Gasteiger partial charge in [0.05, 0.1) is 7.11 Å². The van der Waals surface area contributed by atoms with Gasteiger partial charge in [0.2, 0.25) is 0 Å². The average molecular weight is 345 g/mol. The van der Waals surface area contributed by atoms with Gasteiger partial charge in [-0.05, 0) is 52.6 Å². The van der Waals surface area contributed by atoms with Crippen molar-refractivity contribution < 1.29 is 9.13 Å². The number of hydrogen-bond acceptors (Lipinski definition) is 1. The number of benzene rings is 2. The van der Waals surface area contributed by atoms with E-state index in [0.717, 1.165) is 12.0 Å². The van der Waals surface area contributed by atoms with Gasteiger partial charge in [-0.3, -0.25) is 0 Å². The molecule has 0 spiro atoms. The Morgan fingerprint density at radius 2 is 1.64 bits per heavy atom. The number of halogens is 1. The average Bonchev–Trinajstić information content (AvgIpc) is 2.62. The molecule has 0 fully saturated rings. The molecular formula is C23H33FO. The molecule has 2 rings (SSSR count). The highest BCUT2D eigenvalue weighted by molar-refractivity contribution is 5.70. The summed E-state index contributed by atoms with van der Waals surface area (Å²) in [6.45, 7) is 15.0. The Morgan fingerprint density at radius 3 is 2.16 bits per heavy atom. The Bertz CT molecular complexity index is 683. The Hall–Kier alpha value is -1.83. The van der Waals surface area contributed by atoms with Gasteiger partial charge in [0.1, 0.15) is 11.6 Å². The highest BCUT2D eigenvalue weighted by Crippen LogP contribution is 2.41. The molecule has 2 heteroatoms. The first kappa shape index (κ1) is 21.2. The zero-order valence-electron chi connectivity index (χ0n) is 17.0. The Labute approximate surface area is 153 Å². The lowest BCUT2D eigenvalue weighted by atomic mass is 9.75. The second-order valence-corrected chi connectivity index (χ2v) is 7.21. The fourth-order valence-corrected chi connectivity index (χ4v) is 2.74. The van der Waals surface area contributed by atoms with Crippen LogP contribution in [-0.4, -0.2) is 7.11 Å².